The number of rotatable bonds is 6. The number of ether oxygens (including phenoxy) is 3. The normalized spacial score (nSPS) is 24.6. The number of imidazole rings is 1. The molecule has 174 valence electrons. The van der Waals surface area contributed by atoms with Gasteiger partial charge < -0.3 is 19.5 Å². The summed E-state index contributed by atoms with van der Waals surface area (Å²) in [6.07, 6.45) is 10.7. The average Bonchev–Trinajstić information content (AvgIpc) is 3.32. The van der Waals surface area contributed by atoms with Crippen molar-refractivity contribution in [2.45, 2.75) is 89.7 Å². The van der Waals surface area contributed by atoms with E-state index in [2.05, 4.69) is 20.3 Å². The van der Waals surface area contributed by atoms with E-state index in [0.29, 0.717) is 23.6 Å². The fourth-order valence-electron chi connectivity index (χ4n) is 4.52. The Morgan fingerprint density at radius 1 is 1.09 bits per heavy atom. The molecule has 3 unspecified atom stereocenters. The van der Waals surface area contributed by atoms with Gasteiger partial charge in [-0.1, -0.05) is 32.1 Å². The lowest BCUT2D eigenvalue weighted by Crippen LogP contribution is -2.31. The molecule has 3 atom stereocenters. The predicted octanol–water partition coefficient (Wildman–Crippen LogP) is 3.13. The molecule has 32 heavy (non-hydrogen) atoms. The molecule has 4 rings (SSSR count). The highest BCUT2D eigenvalue weighted by molar-refractivity contribution is 5.82. The van der Waals surface area contributed by atoms with Crippen molar-refractivity contribution in [3.05, 3.63) is 12.7 Å². The quantitative estimate of drug-likeness (QED) is 0.669. The Hall–Kier alpha value is -2.75. The van der Waals surface area contributed by atoms with Crippen LogP contribution in [0.2, 0.25) is 0 Å². The van der Waals surface area contributed by atoms with Crippen LogP contribution in [0.1, 0.15) is 71.4 Å². The lowest BCUT2D eigenvalue weighted by molar-refractivity contribution is -0.155. The molecular formula is C22H31N5O5. The van der Waals surface area contributed by atoms with Crippen molar-refractivity contribution in [1.29, 1.82) is 0 Å². The molecular weight excluding hydrogens is 414 g/mol. The number of hydrogen-bond acceptors (Lipinski definition) is 9. The fraction of sp³-hybridized carbons (Fsp3) is 0.682. The van der Waals surface area contributed by atoms with Crippen molar-refractivity contribution in [1.82, 2.24) is 19.5 Å². The molecule has 10 nitrogen and oxygen atoms in total. The summed E-state index contributed by atoms with van der Waals surface area (Å²) in [5, 5.41) is 3.58. The second-order valence-corrected chi connectivity index (χ2v) is 8.55. The van der Waals surface area contributed by atoms with E-state index in [-0.39, 0.29) is 6.61 Å². The number of nitrogens with one attached hydrogen (secondary N) is 1. The zero-order valence-corrected chi connectivity index (χ0v) is 18.7. The van der Waals surface area contributed by atoms with E-state index >= 15 is 0 Å². The first-order valence-corrected chi connectivity index (χ1v) is 11.4. The Kier molecular flexibility index (Phi) is 7.19. The topological polar surface area (TPSA) is 117 Å². The second-order valence-electron chi connectivity index (χ2n) is 8.55. The molecule has 0 aromatic carbocycles. The lowest BCUT2D eigenvalue weighted by Gasteiger charge is -2.21. The number of fused-ring (bicyclic) bond motifs is 1. The van der Waals surface area contributed by atoms with Crippen LogP contribution in [-0.2, 0) is 23.8 Å². The zero-order chi connectivity index (χ0) is 22.5. The van der Waals surface area contributed by atoms with Crippen LogP contribution in [0, 0.1) is 0 Å². The first-order valence-electron chi connectivity index (χ1n) is 11.4. The molecule has 3 heterocycles. The van der Waals surface area contributed by atoms with E-state index in [4.69, 9.17) is 14.2 Å². The van der Waals surface area contributed by atoms with Crippen molar-refractivity contribution < 1.29 is 23.8 Å². The second kappa shape index (κ2) is 10.2. The number of carbonyl (C=O) groups is 2. The molecule has 1 saturated carbocycles. The van der Waals surface area contributed by atoms with Crippen LogP contribution in [0.5, 0.6) is 0 Å². The highest BCUT2D eigenvalue weighted by Gasteiger charge is 2.40. The van der Waals surface area contributed by atoms with Gasteiger partial charge in [-0.25, -0.2) is 15.0 Å². The molecule has 0 spiro atoms. The van der Waals surface area contributed by atoms with Crippen LogP contribution < -0.4 is 5.32 Å². The number of aromatic nitrogens is 4. The van der Waals surface area contributed by atoms with E-state index < -0.39 is 30.4 Å². The molecule has 1 aliphatic carbocycles. The van der Waals surface area contributed by atoms with Crippen LogP contribution in [0.3, 0.4) is 0 Å². The monoisotopic (exact) mass is 445 g/mol. The van der Waals surface area contributed by atoms with Gasteiger partial charge >= 0.3 is 11.9 Å². The average molecular weight is 446 g/mol. The molecule has 2 aromatic rings. The molecule has 2 aliphatic rings. The van der Waals surface area contributed by atoms with Crippen molar-refractivity contribution in [2.75, 3.05) is 11.9 Å². The SMILES string of the molecule is CC(=O)OCC1OC(n2cnc3c(NC4CCCCCCC4)ncnc32)CC1OC(C)=O. The molecule has 1 saturated heterocycles. The predicted molar refractivity (Wildman–Crippen MR) is 116 cm³/mol. The smallest absolute Gasteiger partial charge is 0.303 e. The van der Waals surface area contributed by atoms with Crippen molar-refractivity contribution in [3.63, 3.8) is 0 Å². The van der Waals surface area contributed by atoms with Gasteiger partial charge in [-0.15, -0.1) is 0 Å². The fourth-order valence-corrected chi connectivity index (χ4v) is 4.52. The van der Waals surface area contributed by atoms with Crippen molar-refractivity contribution in [3.8, 4) is 0 Å². The van der Waals surface area contributed by atoms with Crippen LogP contribution in [-0.4, -0.2) is 56.3 Å². The van der Waals surface area contributed by atoms with Gasteiger partial charge in [-0.05, 0) is 12.8 Å². The summed E-state index contributed by atoms with van der Waals surface area (Å²) in [4.78, 5) is 36.2. The summed E-state index contributed by atoms with van der Waals surface area (Å²) in [5.41, 5.74) is 1.33. The maximum absolute atomic E-state index is 11.5. The number of anilines is 1. The van der Waals surface area contributed by atoms with Gasteiger partial charge in [0.1, 0.15) is 31.4 Å². The molecule has 2 aromatic heterocycles. The van der Waals surface area contributed by atoms with E-state index in [1.165, 1.54) is 52.3 Å². The third-order valence-electron chi connectivity index (χ3n) is 6.06. The first-order chi connectivity index (χ1) is 15.5. The molecule has 1 aliphatic heterocycles. The van der Waals surface area contributed by atoms with Gasteiger partial charge in [-0.3, -0.25) is 14.2 Å². The van der Waals surface area contributed by atoms with Gasteiger partial charge in [0, 0.05) is 26.3 Å². The summed E-state index contributed by atoms with van der Waals surface area (Å²) in [6.45, 7) is 2.70. The lowest BCUT2D eigenvalue weighted by atomic mass is 9.97. The number of nitrogens with zero attached hydrogens (tertiary/aromatic N) is 4. The Bertz CT molecular complexity index is 940. The Labute approximate surface area is 187 Å². The number of hydrogen-bond donors (Lipinski definition) is 1. The number of esters is 2. The van der Waals surface area contributed by atoms with Gasteiger partial charge in [0.25, 0.3) is 0 Å². The minimum Gasteiger partial charge on any atom is -0.463 e. The maximum atomic E-state index is 11.5. The van der Waals surface area contributed by atoms with Gasteiger partial charge in [-0.2, -0.15) is 0 Å². The van der Waals surface area contributed by atoms with Gasteiger partial charge in [0.2, 0.25) is 0 Å². The summed E-state index contributed by atoms with van der Waals surface area (Å²) >= 11 is 0. The molecule has 2 fully saturated rings. The van der Waals surface area contributed by atoms with Crippen LogP contribution in [0.25, 0.3) is 11.2 Å². The Morgan fingerprint density at radius 3 is 2.56 bits per heavy atom. The Balaban J connectivity index is 1.52. The van der Waals surface area contributed by atoms with Crippen LogP contribution >= 0.6 is 0 Å². The minimum absolute atomic E-state index is 0.0138. The summed E-state index contributed by atoms with van der Waals surface area (Å²) in [7, 11) is 0. The van der Waals surface area contributed by atoms with Crippen molar-refractivity contribution >= 4 is 28.9 Å². The molecule has 0 amide bonds. The third-order valence-corrected chi connectivity index (χ3v) is 6.06. The first kappa shape index (κ1) is 22.4. The maximum Gasteiger partial charge on any atom is 0.303 e. The molecule has 0 bridgehead atoms. The van der Waals surface area contributed by atoms with Crippen molar-refractivity contribution in [2.24, 2.45) is 0 Å². The number of carbonyl (C=O) groups excluding carboxylic acids is 2. The summed E-state index contributed by atoms with van der Waals surface area (Å²) in [6, 6.07) is 0.378. The minimum atomic E-state index is -0.556. The summed E-state index contributed by atoms with van der Waals surface area (Å²) in [5.74, 6) is -0.0923. The van der Waals surface area contributed by atoms with Crippen LogP contribution in [0.15, 0.2) is 12.7 Å². The van der Waals surface area contributed by atoms with Crippen LogP contribution in [0.4, 0.5) is 5.82 Å². The molecule has 0 radical (unpaired) electrons. The zero-order valence-electron chi connectivity index (χ0n) is 18.7. The van der Waals surface area contributed by atoms with Gasteiger partial charge in [0.05, 0.1) is 6.33 Å². The van der Waals surface area contributed by atoms with E-state index in [0.717, 1.165) is 18.7 Å². The van der Waals surface area contributed by atoms with E-state index in [1.54, 1.807) is 6.33 Å². The van der Waals surface area contributed by atoms with E-state index in [1.807, 2.05) is 4.57 Å². The standard InChI is InChI=1S/C22H31N5O5/c1-14(28)30-11-18-17(31-15(2)29)10-19(32-18)27-13-25-20-21(23-12-24-22(20)27)26-16-8-6-4-3-5-7-9-16/h12-13,16-19H,3-11H2,1-2H3,(H,23,24,26). The third kappa shape index (κ3) is 5.35. The Morgan fingerprint density at radius 2 is 1.84 bits per heavy atom. The van der Waals surface area contributed by atoms with Gasteiger partial charge in [0.15, 0.2) is 17.0 Å². The highest BCUT2D eigenvalue weighted by Crippen LogP contribution is 2.34. The largest absolute Gasteiger partial charge is 0.463 e. The molecule has 1 N–H and O–H groups in total. The molecule has 10 heteroatoms. The highest BCUT2D eigenvalue weighted by atomic mass is 16.6. The van der Waals surface area contributed by atoms with E-state index in [9.17, 15) is 9.59 Å². The summed E-state index contributed by atoms with van der Waals surface area (Å²) < 4.78 is 18.4.